The highest BCUT2D eigenvalue weighted by Gasteiger charge is 2.29. The van der Waals surface area contributed by atoms with Crippen molar-refractivity contribution in [3.63, 3.8) is 0 Å². The second-order valence-corrected chi connectivity index (χ2v) is 13.5. The molecule has 0 fully saturated rings. The lowest BCUT2D eigenvalue weighted by Gasteiger charge is -2.24. The van der Waals surface area contributed by atoms with Gasteiger partial charge in [-0.3, -0.25) is 0 Å². The number of furan rings is 1. The normalized spacial score (nSPS) is 14.1. The number of aromatic nitrogens is 4. The smallest absolute Gasteiger partial charge is 0.164 e. The molecule has 1 aliphatic carbocycles. The van der Waals surface area contributed by atoms with Crippen molar-refractivity contribution < 1.29 is 4.42 Å². The zero-order valence-corrected chi connectivity index (χ0v) is 28.5. The van der Waals surface area contributed by atoms with Gasteiger partial charge in [0.1, 0.15) is 11.3 Å². The number of nitrogens with zero attached hydrogens (tertiary/aromatic N) is 4. The number of hydrogen-bond acceptors (Lipinski definition) is 5. The van der Waals surface area contributed by atoms with E-state index in [1.54, 1.807) is 0 Å². The molecule has 3 heterocycles. The van der Waals surface area contributed by atoms with Crippen LogP contribution in [-0.4, -0.2) is 19.9 Å². The quantitative estimate of drug-likeness (QED) is 0.183. The maximum Gasteiger partial charge on any atom is 0.164 e. The minimum absolute atomic E-state index is 0.244. The first-order valence-corrected chi connectivity index (χ1v) is 17.7. The van der Waals surface area contributed by atoms with E-state index < -0.39 is 0 Å². The third-order valence-electron chi connectivity index (χ3n) is 10.1. The third-order valence-corrected chi connectivity index (χ3v) is 10.1. The Balaban J connectivity index is 1.13. The zero-order valence-electron chi connectivity index (χ0n) is 28.5. The number of pyridine rings is 1. The molecule has 0 saturated carbocycles. The SMILES string of the molecule is CC1CC=C(c2ccc3ccccc3c2)c2c1nc(-c1ccc(-c3nc(-c4ccccc4)nc(-c4ccccc4)n3)cc1)c1oc3ccccc3c21. The van der Waals surface area contributed by atoms with Crippen LogP contribution in [0, 0.1) is 0 Å². The van der Waals surface area contributed by atoms with Gasteiger partial charge in [0, 0.05) is 44.5 Å². The molecule has 1 unspecified atom stereocenters. The second kappa shape index (κ2) is 12.3. The van der Waals surface area contributed by atoms with Gasteiger partial charge in [0.15, 0.2) is 23.1 Å². The Kier molecular flexibility index (Phi) is 7.10. The van der Waals surface area contributed by atoms with E-state index in [-0.39, 0.29) is 5.92 Å². The number of hydrogen-bond donors (Lipinski definition) is 0. The molecule has 1 aliphatic rings. The standard InChI is InChI=1S/C47H32N4O/c1-29-20-27-37(36-26-21-30-12-8-9-17-35(30)28-36)40-41-38-18-10-11-19-39(38)52-44(41)43(48-42(29)40)31-22-24-34(25-23-31)47-50-45(32-13-4-2-5-14-32)49-46(51-47)33-15-6-3-7-16-33/h2-19,21-29H,20H2,1H3. The first-order valence-electron chi connectivity index (χ1n) is 17.7. The van der Waals surface area contributed by atoms with Gasteiger partial charge in [-0.15, -0.1) is 0 Å². The van der Waals surface area contributed by atoms with Crippen LogP contribution in [0.3, 0.4) is 0 Å². The van der Waals surface area contributed by atoms with Crippen LogP contribution in [0.4, 0.5) is 0 Å². The van der Waals surface area contributed by atoms with E-state index in [2.05, 4.69) is 97.9 Å². The van der Waals surface area contributed by atoms with Crippen LogP contribution in [0.25, 0.3) is 83.7 Å². The van der Waals surface area contributed by atoms with Gasteiger partial charge in [0.05, 0.1) is 5.69 Å². The van der Waals surface area contributed by atoms with E-state index in [0.29, 0.717) is 17.5 Å². The van der Waals surface area contributed by atoms with Crippen molar-refractivity contribution in [3.05, 3.63) is 175 Å². The predicted octanol–water partition coefficient (Wildman–Crippen LogP) is 11.9. The molecule has 1 atom stereocenters. The maximum absolute atomic E-state index is 6.72. The third kappa shape index (κ3) is 5.09. The highest BCUT2D eigenvalue weighted by molar-refractivity contribution is 6.15. The van der Waals surface area contributed by atoms with Gasteiger partial charge in [0.2, 0.25) is 0 Å². The van der Waals surface area contributed by atoms with Gasteiger partial charge in [-0.25, -0.2) is 19.9 Å². The minimum atomic E-state index is 0.244. The molecule has 0 amide bonds. The molecule has 0 saturated heterocycles. The number of fused-ring (bicyclic) bond motifs is 6. The molecule has 5 heteroatoms. The van der Waals surface area contributed by atoms with E-state index >= 15 is 0 Å². The summed E-state index contributed by atoms with van der Waals surface area (Å²) in [7, 11) is 0. The van der Waals surface area contributed by atoms with Gasteiger partial charge in [-0.2, -0.15) is 0 Å². The Labute approximate surface area is 301 Å². The maximum atomic E-state index is 6.72. The van der Waals surface area contributed by atoms with Crippen molar-refractivity contribution in [1.82, 2.24) is 19.9 Å². The van der Waals surface area contributed by atoms with E-state index in [9.17, 15) is 0 Å². The molecule has 0 N–H and O–H groups in total. The Bertz CT molecular complexity index is 2760. The van der Waals surface area contributed by atoms with Crippen LogP contribution in [0.2, 0.25) is 0 Å². The Morgan fingerprint density at radius 1 is 0.519 bits per heavy atom. The van der Waals surface area contributed by atoms with Gasteiger partial charge < -0.3 is 4.42 Å². The largest absolute Gasteiger partial charge is 0.454 e. The number of allylic oxidation sites excluding steroid dienone is 1. The van der Waals surface area contributed by atoms with E-state index in [1.807, 2.05) is 66.7 Å². The van der Waals surface area contributed by atoms with Crippen molar-refractivity contribution >= 4 is 38.3 Å². The van der Waals surface area contributed by atoms with Crippen LogP contribution in [-0.2, 0) is 0 Å². The molecule has 3 aromatic heterocycles. The fraction of sp³-hybridized carbons (Fsp3) is 0.0638. The number of para-hydroxylation sites is 1. The lowest BCUT2D eigenvalue weighted by atomic mass is 9.81. The molecule has 5 nitrogen and oxygen atoms in total. The lowest BCUT2D eigenvalue weighted by Crippen LogP contribution is -2.09. The van der Waals surface area contributed by atoms with Crippen LogP contribution in [0.1, 0.15) is 36.1 Å². The summed E-state index contributed by atoms with van der Waals surface area (Å²) >= 11 is 0. The summed E-state index contributed by atoms with van der Waals surface area (Å²) in [6.45, 7) is 2.27. The Morgan fingerprint density at radius 3 is 1.77 bits per heavy atom. The van der Waals surface area contributed by atoms with Crippen molar-refractivity contribution in [3.8, 4) is 45.4 Å². The zero-order chi connectivity index (χ0) is 34.6. The van der Waals surface area contributed by atoms with Crippen LogP contribution in [0.5, 0.6) is 0 Å². The van der Waals surface area contributed by atoms with Crippen LogP contribution in [0.15, 0.2) is 162 Å². The molecule has 246 valence electrons. The molecule has 0 bridgehead atoms. The summed E-state index contributed by atoms with van der Waals surface area (Å²) in [5, 5.41) is 4.67. The molecule has 52 heavy (non-hydrogen) atoms. The van der Waals surface area contributed by atoms with E-state index in [1.165, 1.54) is 27.5 Å². The first kappa shape index (κ1) is 30.1. The van der Waals surface area contributed by atoms with E-state index in [4.69, 9.17) is 24.4 Å². The molecule has 6 aromatic carbocycles. The highest BCUT2D eigenvalue weighted by atomic mass is 16.3. The molecule has 10 rings (SSSR count). The summed E-state index contributed by atoms with van der Waals surface area (Å²) in [4.78, 5) is 20.2. The summed E-state index contributed by atoms with van der Waals surface area (Å²) in [5.41, 5.74) is 10.9. The molecule has 9 aromatic rings. The van der Waals surface area contributed by atoms with Crippen molar-refractivity contribution in [2.75, 3.05) is 0 Å². The van der Waals surface area contributed by atoms with Crippen molar-refractivity contribution in [2.24, 2.45) is 0 Å². The summed E-state index contributed by atoms with van der Waals surface area (Å²) in [6, 6.07) is 52.1. The Hall–Kier alpha value is -6.72. The number of rotatable bonds is 5. The average molecular weight is 669 g/mol. The second-order valence-electron chi connectivity index (χ2n) is 13.5. The summed E-state index contributed by atoms with van der Waals surface area (Å²) in [6.07, 6.45) is 3.30. The highest BCUT2D eigenvalue weighted by Crippen LogP contribution is 2.47. The van der Waals surface area contributed by atoms with Gasteiger partial charge in [0.25, 0.3) is 0 Å². The number of benzene rings is 6. The van der Waals surface area contributed by atoms with Gasteiger partial charge in [-0.05, 0) is 40.5 Å². The predicted molar refractivity (Wildman–Crippen MR) is 211 cm³/mol. The molecular formula is C47H32N4O. The minimum Gasteiger partial charge on any atom is -0.454 e. The van der Waals surface area contributed by atoms with Crippen molar-refractivity contribution in [2.45, 2.75) is 19.3 Å². The van der Waals surface area contributed by atoms with E-state index in [0.717, 1.165) is 62.0 Å². The van der Waals surface area contributed by atoms with Crippen LogP contribution < -0.4 is 0 Å². The first-order chi connectivity index (χ1) is 25.7. The monoisotopic (exact) mass is 668 g/mol. The summed E-state index contributed by atoms with van der Waals surface area (Å²) in [5.74, 6) is 2.13. The molecule has 0 spiro atoms. The molecular weight excluding hydrogens is 637 g/mol. The Morgan fingerprint density at radius 2 is 1.08 bits per heavy atom. The molecule has 0 aliphatic heterocycles. The lowest BCUT2D eigenvalue weighted by molar-refractivity contribution is 0.665. The fourth-order valence-electron chi connectivity index (χ4n) is 7.48. The van der Waals surface area contributed by atoms with Gasteiger partial charge in [-0.1, -0.05) is 153 Å². The fourth-order valence-corrected chi connectivity index (χ4v) is 7.48. The molecule has 0 radical (unpaired) electrons. The van der Waals surface area contributed by atoms with Crippen LogP contribution >= 0.6 is 0 Å². The summed E-state index contributed by atoms with van der Waals surface area (Å²) < 4.78 is 6.72. The average Bonchev–Trinajstić information content (AvgIpc) is 3.61. The topological polar surface area (TPSA) is 64.7 Å². The van der Waals surface area contributed by atoms with Gasteiger partial charge >= 0.3 is 0 Å². The van der Waals surface area contributed by atoms with Crippen molar-refractivity contribution in [1.29, 1.82) is 0 Å².